The highest BCUT2D eigenvalue weighted by Crippen LogP contribution is 2.42. The number of nitriles is 1. The van der Waals surface area contributed by atoms with Crippen LogP contribution in [0.3, 0.4) is 0 Å². The van der Waals surface area contributed by atoms with Crippen LogP contribution in [0.2, 0.25) is 23.2 Å². The Kier molecular flexibility index (Phi) is 8.21. The van der Waals surface area contributed by atoms with Gasteiger partial charge in [0, 0.05) is 12.2 Å². The van der Waals surface area contributed by atoms with Gasteiger partial charge in [-0.05, 0) is 82.8 Å². The summed E-state index contributed by atoms with van der Waals surface area (Å²) in [6, 6.07) is 5.69. The van der Waals surface area contributed by atoms with E-state index in [1.807, 2.05) is 33.8 Å². The summed E-state index contributed by atoms with van der Waals surface area (Å²) >= 11 is 6.38. The van der Waals surface area contributed by atoms with Crippen LogP contribution in [0.5, 0.6) is 0 Å². The summed E-state index contributed by atoms with van der Waals surface area (Å²) in [6.45, 7) is 19.1. The maximum absolute atomic E-state index is 12.9. The Morgan fingerprint density at radius 3 is 2.45 bits per heavy atom. The lowest BCUT2D eigenvalue weighted by Crippen LogP contribution is -2.62. The number of anilines is 1. The van der Waals surface area contributed by atoms with Crippen molar-refractivity contribution >= 4 is 31.7 Å². The maximum atomic E-state index is 12.9. The minimum atomic E-state index is -2.07. The van der Waals surface area contributed by atoms with Gasteiger partial charge in [0.2, 0.25) is 0 Å². The molecule has 1 aliphatic rings. The largest absolute Gasteiger partial charge is 0.444 e. The summed E-state index contributed by atoms with van der Waals surface area (Å²) in [5.41, 5.74) is 0.876. The van der Waals surface area contributed by atoms with Gasteiger partial charge in [-0.1, -0.05) is 32.4 Å². The van der Waals surface area contributed by atoms with Crippen molar-refractivity contribution in [3.05, 3.63) is 28.3 Å². The number of ether oxygens (including phenoxy) is 1. The standard InChI is InChI=1S/C25H40ClN3O3Si/c1-17-19(13-12-18(15-27)21(17)26)28-16-25(29-22(30)31-23(2,3)4)14-10-11-20(25)32-33(8,9)24(5,6)7/h12-13,20,28H,10-11,14,16H2,1-9H3,(H,29,30)/t20-,25+/m1/s1. The zero-order chi connectivity index (χ0) is 25.2. The second-order valence-corrected chi connectivity index (χ2v) is 16.7. The van der Waals surface area contributed by atoms with E-state index in [-0.39, 0.29) is 11.1 Å². The SMILES string of the molecule is Cc1c(NC[C@@]2(NC(=O)OC(C)(C)C)CCC[C@H]2O[Si](C)(C)C(C)(C)C)ccc(C#N)c1Cl. The third kappa shape index (κ3) is 6.65. The van der Waals surface area contributed by atoms with E-state index in [9.17, 15) is 10.1 Å². The number of carbonyl (C=O) groups excluding carboxylic acids is 1. The van der Waals surface area contributed by atoms with E-state index in [1.54, 1.807) is 6.07 Å². The van der Waals surface area contributed by atoms with E-state index in [0.717, 1.165) is 30.5 Å². The molecule has 0 heterocycles. The van der Waals surface area contributed by atoms with Gasteiger partial charge >= 0.3 is 6.09 Å². The fourth-order valence-corrected chi connectivity index (χ4v) is 5.47. The molecule has 33 heavy (non-hydrogen) atoms. The molecule has 0 aliphatic heterocycles. The number of nitrogens with one attached hydrogen (secondary N) is 2. The monoisotopic (exact) mass is 493 g/mol. The van der Waals surface area contributed by atoms with Crippen LogP contribution in [0.1, 0.15) is 71.9 Å². The summed E-state index contributed by atoms with van der Waals surface area (Å²) in [7, 11) is -2.07. The second-order valence-electron chi connectivity index (χ2n) is 11.6. The molecule has 1 aliphatic carbocycles. The van der Waals surface area contributed by atoms with E-state index in [2.05, 4.69) is 50.6 Å². The topological polar surface area (TPSA) is 83.4 Å². The summed E-state index contributed by atoms with van der Waals surface area (Å²) in [5.74, 6) is 0. The number of alkyl carbamates (subject to hydrolysis) is 1. The van der Waals surface area contributed by atoms with E-state index in [1.165, 1.54) is 0 Å². The molecule has 1 aromatic carbocycles. The van der Waals surface area contributed by atoms with E-state index in [0.29, 0.717) is 17.1 Å². The first kappa shape index (κ1) is 27.5. The van der Waals surface area contributed by atoms with Crippen LogP contribution in [0.25, 0.3) is 0 Å². The predicted octanol–water partition coefficient (Wildman–Crippen LogP) is 6.77. The highest BCUT2D eigenvalue weighted by molar-refractivity contribution is 6.74. The van der Waals surface area contributed by atoms with Crippen molar-refractivity contribution in [3.8, 4) is 6.07 Å². The maximum Gasteiger partial charge on any atom is 0.408 e. The van der Waals surface area contributed by atoms with Crippen LogP contribution in [0, 0.1) is 18.3 Å². The molecule has 2 rings (SSSR count). The Bertz CT molecular complexity index is 915. The van der Waals surface area contributed by atoms with Gasteiger partial charge in [-0.15, -0.1) is 0 Å². The van der Waals surface area contributed by atoms with Crippen LogP contribution in [0.15, 0.2) is 12.1 Å². The molecule has 8 heteroatoms. The van der Waals surface area contributed by atoms with Gasteiger partial charge in [0.15, 0.2) is 8.32 Å². The number of nitrogens with zero attached hydrogens (tertiary/aromatic N) is 1. The van der Waals surface area contributed by atoms with Crippen molar-refractivity contribution in [3.63, 3.8) is 0 Å². The number of carbonyl (C=O) groups is 1. The van der Waals surface area contributed by atoms with Crippen molar-refractivity contribution in [1.82, 2.24) is 5.32 Å². The molecule has 0 radical (unpaired) electrons. The van der Waals surface area contributed by atoms with Crippen LogP contribution in [-0.4, -0.2) is 38.2 Å². The normalized spacial score (nSPS) is 21.4. The molecule has 184 valence electrons. The van der Waals surface area contributed by atoms with E-state index >= 15 is 0 Å². The molecular weight excluding hydrogens is 454 g/mol. The molecule has 1 saturated carbocycles. The second kappa shape index (κ2) is 9.85. The minimum absolute atomic E-state index is 0.0535. The molecular formula is C25H40ClN3O3Si. The predicted molar refractivity (Wildman–Crippen MR) is 137 cm³/mol. The Morgan fingerprint density at radius 1 is 1.27 bits per heavy atom. The molecule has 2 N–H and O–H groups in total. The lowest BCUT2D eigenvalue weighted by Gasteiger charge is -2.44. The summed E-state index contributed by atoms with van der Waals surface area (Å²) in [4.78, 5) is 12.9. The fourth-order valence-electron chi connectivity index (χ4n) is 3.86. The molecule has 0 unspecified atom stereocenters. The van der Waals surface area contributed by atoms with Gasteiger partial charge in [-0.25, -0.2) is 4.79 Å². The molecule has 1 fully saturated rings. The average Bonchev–Trinajstić information content (AvgIpc) is 3.02. The molecule has 6 nitrogen and oxygen atoms in total. The third-order valence-corrected chi connectivity index (χ3v) is 11.8. The molecule has 0 bridgehead atoms. The Morgan fingerprint density at radius 2 is 1.91 bits per heavy atom. The highest BCUT2D eigenvalue weighted by atomic mass is 35.5. The van der Waals surface area contributed by atoms with Gasteiger partial charge in [0.05, 0.1) is 22.2 Å². The molecule has 1 amide bonds. The lowest BCUT2D eigenvalue weighted by molar-refractivity contribution is 0.0340. The third-order valence-electron chi connectivity index (χ3n) is 6.80. The van der Waals surface area contributed by atoms with Crippen molar-refractivity contribution in [2.24, 2.45) is 0 Å². The Labute approximate surface area is 205 Å². The number of hydrogen-bond acceptors (Lipinski definition) is 5. The van der Waals surface area contributed by atoms with Gasteiger partial charge in [-0.2, -0.15) is 5.26 Å². The molecule has 2 atom stereocenters. The van der Waals surface area contributed by atoms with Crippen molar-refractivity contribution < 1.29 is 14.0 Å². The molecule has 0 saturated heterocycles. The fraction of sp³-hybridized carbons (Fsp3) is 0.680. The molecule has 0 spiro atoms. The van der Waals surface area contributed by atoms with Crippen LogP contribution < -0.4 is 10.6 Å². The number of hydrogen-bond donors (Lipinski definition) is 2. The Hall–Kier alpha value is -1.75. The van der Waals surface area contributed by atoms with Gasteiger partial charge in [0.1, 0.15) is 11.7 Å². The Balaban J connectivity index is 2.36. The van der Waals surface area contributed by atoms with Crippen molar-refractivity contribution in [2.75, 3.05) is 11.9 Å². The van der Waals surface area contributed by atoms with Gasteiger partial charge in [-0.3, -0.25) is 0 Å². The molecule has 1 aromatic rings. The van der Waals surface area contributed by atoms with Crippen LogP contribution in [-0.2, 0) is 9.16 Å². The van der Waals surface area contributed by atoms with Crippen LogP contribution in [0.4, 0.5) is 10.5 Å². The van der Waals surface area contributed by atoms with E-state index < -0.39 is 25.6 Å². The lowest BCUT2D eigenvalue weighted by atomic mass is 9.94. The number of halogens is 1. The summed E-state index contributed by atoms with van der Waals surface area (Å²) in [6.07, 6.45) is 2.03. The first-order valence-corrected chi connectivity index (χ1v) is 14.9. The average molecular weight is 494 g/mol. The summed E-state index contributed by atoms with van der Waals surface area (Å²) < 4.78 is 12.5. The first-order valence-electron chi connectivity index (χ1n) is 11.6. The number of benzene rings is 1. The minimum Gasteiger partial charge on any atom is -0.444 e. The number of rotatable bonds is 6. The molecule has 0 aromatic heterocycles. The zero-order valence-electron chi connectivity index (χ0n) is 21.6. The highest BCUT2D eigenvalue weighted by Gasteiger charge is 2.50. The van der Waals surface area contributed by atoms with Crippen molar-refractivity contribution in [1.29, 1.82) is 5.26 Å². The summed E-state index contributed by atoms with van der Waals surface area (Å²) in [5, 5.41) is 16.4. The van der Waals surface area contributed by atoms with Gasteiger partial charge < -0.3 is 19.8 Å². The van der Waals surface area contributed by atoms with Crippen LogP contribution >= 0.6 is 11.6 Å². The van der Waals surface area contributed by atoms with Crippen molar-refractivity contribution in [2.45, 2.75) is 103 Å². The quantitative estimate of drug-likeness (QED) is 0.427. The number of amides is 1. The smallest absolute Gasteiger partial charge is 0.408 e. The zero-order valence-corrected chi connectivity index (χ0v) is 23.4. The first-order chi connectivity index (χ1) is 15.0. The van der Waals surface area contributed by atoms with E-state index in [4.69, 9.17) is 20.8 Å². The van der Waals surface area contributed by atoms with Gasteiger partial charge in [0.25, 0.3) is 0 Å².